The summed E-state index contributed by atoms with van der Waals surface area (Å²) in [4.78, 5) is 18.2. The van der Waals surface area contributed by atoms with Crippen molar-refractivity contribution in [1.29, 1.82) is 0 Å². The van der Waals surface area contributed by atoms with Gasteiger partial charge in [0.25, 0.3) is 5.91 Å². The van der Waals surface area contributed by atoms with E-state index in [1.807, 2.05) is 13.8 Å². The zero-order valence-electron chi connectivity index (χ0n) is 12.4. The van der Waals surface area contributed by atoms with E-state index < -0.39 is 17.5 Å². The highest BCUT2D eigenvalue weighted by Crippen LogP contribution is 2.16. The van der Waals surface area contributed by atoms with Crippen LogP contribution in [0.15, 0.2) is 36.5 Å². The molecule has 0 fully saturated rings. The largest absolute Gasteiger partial charge is 0.371 e. The quantitative estimate of drug-likeness (QED) is 0.920. The monoisotopic (exact) mass is 305 g/mol. The van der Waals surface area contributed by atoms with Crippen LogP contribution in [0.3, 0.4) is 0 Å². The Labute approximate surface area is 127 Å². The first-order valence-corrected chi connectivity index (χ1v) is 7.02. The number of anilines is 2. The molecule has 0 spiro atoms. The lowest BCUT2D eigenvalue weighted by molar-refractivity contribution is 0.102. The predicted molar refractivity (Wildman–Crippen MR) is 82.1 cm³/mol. The molecule has 1 N–H and O–H groups in total. The molecule has 1 amide bonds. The lowest BCUT2D eigenvalue weighted by Gasteiger charge is -2.20. The van der Waals surface area contributed by atoms with E-state index in [-0.39, 0.29) is 11.4 Å². The minimum absolute atomic E-state index is 0.179. The Balaban J connectivity index is 2.11. The molecule has 0 saturated heterocycles. The Morgan fingerprint density at radius 2 is 1.86 bits per heavy atom. The van der Waals surface area contributed by atoms with Crippen LogP contribution >= 0.6 is 0 Å². The van der Waals surface area contributed by atoms with E-state index in [0.717, 1.165) is 30.9 Å². The number of nitrogens with one attached hydrogen (secondary N) is 1. The Morgan fingerprint density at radius 1 is 1.14 bits per heavy atom. The van der Waals surface area contributed by atoms with Gasteiger partial charge in [-0.15, -0.1) is 0 Å². The molecule has 2 rings (SSSR count). The Morgan fingerprint density at radius 3 is 2.41 bits per heavy atom. The van der Waals surface area contributed by atoms with E-state index in [1.54, 1.807) is 18.3 Å². The summed E-state index contributed by atoms with van der Waals surface area (Å²) in [5.41, 5.74) is 1.31. The van der Waals surface area contributed by atoms with Gasteiger partial charge in [0, 0.05) is 24.8 Å². The molecule has 22 heavy (non-hydrogen) atoms. The molecule has 6 heteroatoms. The molecule has 2 aromatic rings. The fraction of sp³-hybridized carbons (Fsp3) is 0.250. The van der Waals surface area contributed by atoms with Gasteiger partial charge in [0.15, 0.2) is 11.6 Å². The normalized spacial score (nSPS) is 10.4. The van der Waals surface area contributed by atoms with Crippen molar-refractivity contribution in [3.8, 4) is 0 Å². The summed E-state index contributed by atoms with van der Waals surface area (Å²) < 4.78 is 25.9. The van der Waals surface area contributed by atoms with Crippen LogP contribution in [-0.2, 0) is 0 Å². The number of aromatic nitrogens is 1. The highest BCUT2D eigenvalue weighted by atomic mass is 19.2. The predicted octanol–water partition coefficient (Wildman–Crippen LogP) is 3.46. The van der Waals surface area contributed by atoms with E-state index in [9.17, 15) is 13.6 Å². The second-order valence-corrected chi connectivity index (χ2v) is 4.66. The van der Waals surface area contributed by atoms with Gasteiger partial charge in [0.2, 0.25) is 0 Å². The van der Waals surface area contributed by atoms with Gasteiger partial charge in [0.05, 0.1) is 11.9 Å². The summed E-state index contributed by atoms with van der Waals surface area (Å²) in [5, 5.41) is 2.48. The van der Waals surface area contributed by atoms with Gasteiger partial charge in [-0.25, -0.2) is 13.8 Å². The summed E-state index contributed by atoms with van der Waals surface area (Å²) in [6.45, 7) is 5.76. The van der Waals surface area contributed by atoms with Crippen molar-refractivity contribution in [3.05, 3.63) is 53.9 Å². The molecule has 1 heterocycles. The maximum absolute atomic E-state index is 13.1. The number of nitrogens with zero attached hydrogens (tertiary/aromatic N) is 2. The third-order valence-electron chi connectivity index (χ3n) is 3.29. The molecule has 1 aromatic heterocycles. The van der Waals surface area contributed by atoms with Crippen molar-refractivity contribution in [2.75, 3.05) is 23.3 Å². The second-order valence-electron chi connectivity index (χ2n) is 4.66. The molecule has 4 nitrogen and oxygen atoms in total. The van der Waals surface area contributed by atoms with E-state index in [0.29, 0.717) is 0 Å². The third kappa shape index (κ3) is 3.58. The molecule has 116 valence electrons. The average Bonchev–Trinajstić information content (AvgIpc) is 2.53. The van der Waals surface area contributed by atoms with Crippen molar-refractivity contribution < 1.29 is 13.6 Å². The molecule has 0 saturated carbocycles. The van der Waals surface area contributed by atoms with E-state index >= 15 is 0 Å². The molecule has 0 aliphatic rings. The number of amides is 1. The van der Waals surface area contributed by atoms with Crippen LogP contribution in [0.2, 0.25) is 0 Å². The molecule has 0 bridgehead atoms. The van der Waals surface area contributed by atoms with Gasteiger partial charge in [0.1, 0.15) is 5.69 Å². The van der Waals surface area contributed by atoms with Crippen LogP contribution < -0.4 is 10.2 Å². The molecular formula is C16H17F2N3O. The van der Waals surface area contributed by atoms with Gasteiger partial charge in [-0.05, 0) is 38.1 Å². The van der Waals surface area contributed by atoms with Crippen LogP contribution in [0.4, 0.5) is 20.2 Å². The van der Waals surface area contributed by atoms with E-state index in [4.69, 9.17) is 0 Å². The SMILES string of the molecule is CCN(CC)c1ccc(C(=O)Nc2ccc(F)c(F)c2)nc1. The molecule has 0 unspecified atom stereocenters. The van der Waals surface area contributed by atoms with Crippen LogP contribution in [0.25, 0.3) is 0 Å². The highest BCUT2D eigenvalue weighted by molar-refractivity contribution is 6.02. The van der Waals surface area contributed by atoms with Crippen LogP contribution in [0.1, 0.15) is 24.3 Å². The van der Waals surface area contributed by atoms with Crippen molar-refractivity contribution in [1.82, 2.24) is 4.98 Å². The molecule has 0 atom stereocenters. The van der Waals surface area contributed by atoms with E-state index in [1.165, 1.54) is 6.07 Å². The van der Waals surface area contributed by atoms with Crippen molar-refractivity contribution in [3.63, 3.8) is 0 Å². The van der Waals surface area contributed by atoms with Crippen molar-refractivity contribution >= 4 is 17.3 Å². The van der Waals surface area contributed by atoms with Gasteiger partial charge in [-0.2, -0.15) is 0 Å². The zero-order valence-corrected chi connectivity index (χ0v) is 12.4. The first kappa shape index (κ1) is 15.9. The Bertz CT molecular complexity index is 655. The molecule has 0 radical (unpaired) electrons. The summed E-state index contributed by atoms with van der Waals surface area (Å²) >= 11 is 0. The van der Waals surface area contributed by atoms with Crippen molar-refractivity contribution in [2.45, 2.75) is 13.8 Å². The van der Waals surface area contributed by atoms with Gasteiger partial charge >= 0.3 is 0 Å². The van der Waals surface area contributed by atoms with E-state index in [2.05, 4.69) is 15.2 Å². The fourth-order valence-electron chi connectivity index (χ4n) is 2.07. The third-order valence-corrected chi connectivity index (χ3v) is 3.29. The summed E-state index contributed by atoms with van der Waals surface area (Å²) in [5.74, 6) is -2.44. The first-order valence-electron chi connectivity index (χ1n) is 7.02. The Hall–Kier alpha value is -2.50. The minimum atomic E-state index is -1.01. The number of hydrogen-bond acceptors (Lipinski definition) is 3. The molecule has 0 aliphatic carbocycles. The summed E-state index contributed by atoms with van der Waals surface area (Å²) in [6, 6.07) is 6.59. The summed E-state index contributed by atoms with van der Waals surface area (Å²) in [7, 11) is 0. The summed E-state index contributed by atoms with van der Waals surface area (Å²) in [6.07, 6.45) is 1.62. The average molecular weight is 305 g/mol. The lowest BCUT2D eigenvalue weighted by atomic mass is 10.2. The van der Waals surface area contributed by atoms with Crippen LogP contribution in [-0.4, -0.2) is 24.0 Å². The number of hydrogen-bond donors (Lipinski definition) is 1. The van der Waals surface area contributed by atoms with Gasteiger partial charge in [-0.3, -0.25) is 4.79 Å². The first-order chi connectivity index (χ1) is 10.5. The number of rotatable bonds is 5. The fourth-order valence-corrected chi connectivity index (χ4v) is 2.07. The molecular weight excluding hydrogens is 288 g/mol. The number of pyridine rings is 1. The Kier molecular flexibility index (Phi) is 5.04. The van der Waals surface area contributed by atoms with Gasteiger partial charge < -0.3 is 10.2 Å². The highest BCUT2D eigenvalue weighted by Gasteiger charge is 2.10. The smallest absolute Gasteiger partial charge is 0.274 e. The standard InChI is InChI=1S/C16H17F2N3O/c1-3-21(4-2)12-6-8-15(19-10-12)16(22)20-11-5-7-13(17)14(18)9-11/h5-10H,3-4H2,1-2H3,(H,20,22). The molecule has 1 aromatic carbocycles. The number of carbonyl (C=O) groups excluding carboxylic acids is 1. The maximum Gasteiger partial charge on any atom is 0.274 e. The zero-order chi connectivity index (χ0) is 16.1. The van der Waals surface area contributed by atoms with Crippen molar-refractivity contribution in [2.24, 2.45) is 0 Å². The number of halogens is 2. The molecule has 0 aliphatic heterocycles. The minimum Gasteiger partial charge on any atom is -0.371 e. The topological polar surface area (TPSA) is 45.2 Å². The number of benzene rings is 1. The maximum atomic E-state index is 13.1. The van der Waals surface area contributed by atoms with Gasteiger partial charge in [-0.1, -0.05) is 0 Å². The van der Waals surface area contributed by atoms with Crippen LogP contribution in [0.5, 0.6) is 0 Å². The lowest BCUT2D eigenvalue weighted by Crippen LogP contribution is -2.22. The van der Waals surface area contributed by atoms with Crippen LogP contribution in [0, 0.1) is 11.6 Å². The number of carbonyl (C=O) groups is 1. The second kappa shape index (κ2) is 6.98.